The molecule has 6 nitrogen and oxygen atoms in total. The number of hydrogen-bond acceptors (Lipinski definition) is 6. The van der Waals surface area contributed by atoms with Crippen LogP contribution in [0.1, 0.15) is 32.6 Å². The molecule has 6 heteroatoms. The van der Waals surface area contributed by atoms with Gasteiger partial charge in [0, 0.05) is 20.1 Å². The second kappa shape index (κ2) is 5.84. The third kappa shape index (κ3) is 2.80. The Bertz CT molecular complexity index is 394. The predicted molar refractivity (Wildman–Crippen MR) is 71.2 cm³/mol. The van der Waals surface area contributed by atoms with Crippen LogP contribution in [0.5, 0.6) is 6.01 Å². The zero-order chi connectivity index (χ0) is 13.0. The third-order valence-corrected chi connectivity index (χ3v) is 3.20. The fourth-order valence-electron chi connectivity index (χ4n) is 1.81. The first-order valence-corrected chi connectivity index (χ1v) is 6.54. The zero-order valence-corrected chi connectivity index (χ0v) is 11.3. The summed E-state index contributed by atoms with van der Waals surface area (Å²) in [4.78, 5) is 15.0. The van der Waals surface area contributed by atoms with E-state index in [9.17, 15) is 0 Å². The number of nitrogens with zero attached hydrogens (tertiary/aromatic N) is 4. The van der Waals surface area contributed by atoms with Gasteiger partial charge in [0.2, 0.25) is 11.9 Å². The maximum absolute atomic E-state index is 5.49. The van der Waals surface area contributed by atoms with Crippen LogP contribution in [0.3, 0.4) is 0 Å². The fraction of sp³-hybridized carbons (Fsp3) is 0.750. The van der Waals surface area contributed by atoms with Crippen LogP contribution in [-0.4, -0.2) is 41.7 Å². The number of anilines is 2. The van der Waals surface area contributed by atoms with Gasteiger partial charge < -0.3 is 15.0 Å². The van der Waals surface area contributed by atoms with Crippen LogP contribution in [0.2, 0.25) is 0 Å². The molecule has 1 fully saturated rings. The minimum absolute atomic E-state index is 0.400. The van der Waals surface area contributed by atoms with E-state index in [2.05, 4.69) is 32.1 Å². The lowest BCUT2D eigenvalue weighted by Crippen LogP contribution is -2.38. The summed E-state index contributed by atoms with van der Waals surface area (Å²) in [6, 6.07) is 0.952. The summed E-state index contributed by atoms with van der Waals surface area (Å²) < 4.78 is 5.49. The molecule has 2 rings (SSSR count). The highest BCUT2D eigenvalue weighted by Gasteiger charge is 2.24. The highest BCUT2D eigenvalue weighted by molar-refractivity contribution is 5.38. The van der Waals surface area contributed by atoms with Gasteiger partial charge in [0.15, 0.2) is 0 Å². The molecule has 1 aromatic heterocycles. The van der Waals surface area contributed by atoms with Gasteiger partial charge in [0.05, 0.1) is 6.61 Å². The van der Waals surface area contributed by atoms with Crippen LogP contribution in [0.4, 0.5) is 11.9 Å². The topological polar surface area (TPSA) is 63.2 Å². The van der Waals surface area contributed by atoms with E-state index >= 15 is 0 Å². The molecular formula is C12H21N5O. The Morgan fingerprint density at radius 3 is 2.67 bits per heavy atom. The first-order valence-electron chi connectivity index (χ1n) is 6.54. The van der Waals surface area contributed by atoms with E-state index in [4.69, 9.17) is 4.74 Å². The van der Waals surface area contributed by atoms with Crippen LogP contribution in [0, 0.1) is 0 Å². The minimum atomic E-state index is 0.400. The lowest BCUT2D eigenvalue weighted by atomic mass is 9.92. The molecule has 0 aromatic carbocycles. The summed E-state index contributed by atoms with van der Waals surface area (Å²) in [5.74, 6) is 1.24. The number of rotatable bonds is 6. The molecule has 0 spiro atoms. The Labute approximate surface area is 108 Å². The second-order valence-corrected chi connectivity index (χ2v) is 4.54. The molecular weight excluding hydrogens is 230 g/mol. The lowest BCUT2D eigenvalue weighted by molar-refractivity contribution is 0.291. The molecule has 1 heterocycles. The van der Waals surface area contributed by atoms with E-state index in [0.29, 0.717) is 30.6 Å². The summed E-state index contributed by atoms with van der Waals surface area (Å²) in [5, 5.41) is 2.95. The summed E-state index contributed by atoms with van der Waals surface area (Å²) in [6.45, 7) is 2.68. The van der Waals surface area contributed by atoms with E-state index in [-0.39, 0.29) is 0 Å². The van der Waals surface area contributed by atoms with Crippen molar-refractivity contribution in [1.82, 2.24) is 15.0 Å². The SMILES string of the molecule is CCCOc1nc(NC)nc(N(C)C2CCC2)n1. The number of ether oxygens (including phenoxy) is 1. The lowest BCUT2D eigenvalue weighted by Gasteiger charge is -2.34. The average molecular weight is 251 g/mol. The van der Waals surface area contributed by atoms with Crippen molar-refractivity contribution in [2.24, 2.45) is 0 Å². The van der Waals surface area contributed by atoms with E-state index in [1.165, 1.54) is 19.3 Å². The van der Waals surface area contributed by atoms with Crippen molar-refractivity contribution in [3.05, 3.63) is 0 Å². The van der Waals surface area contributed by atoms with E-state index in [0.717, 1.165) is 6.42 Å². The molecule has 1 saturated carbocycles. The van der Waals surface area contributed by atoms with Crippen molar-refractivity contribution in [2.45, 2.75) is 38.6 Å². The highest BCUT2D eigenvalue weighted by Crippen LogP contribution is 2.27. The van der Waals surface area contributed by atoms with Crippen LogP contribution in [0.25, 0.3) is 0 Å². The maximum atomic E-state index is 5.49. The van der Waals surface area contributed by atoms with Gasteiger partial charge in [-0.05, 0) is 25.7 Å². The summed E-state index contributed by atoms with van der Waals surface area (Å²) in [5.41, 5.74) is 0. The van der Waals surface area contributed by atoms with Gasteiger partial charge in [-0.25, -0.2) is 0 Å². The Hall–Kier alpha value is -1.59. The standard InChI is InChI=1S/C12H21N5O/c1-4-8-18-12-15-10(13-2)14-11(16-12)17(3)9-6-5-7-9/h9H,4-8H2,1-3H3,(H,13,14,15,16). The molecule has 1 aromatic rings. The Kier molecular flexibility index (Phi) is 4.17. The molecule has 18 heavy (non-hydrogen) atoms. The molecule has 0 radical (unpaired) electrons. The average Bonchev–Trinajstić information content (AvgIpc) is 2.33. The van der Waals surface area contributed by atoms with Crippen LogP contribution in [0.15, 0.2) is 0 Å². The molecule has 1 aliphatic carbocycles. The van der Waals surface area contributed by atoms with Gasteiger partial charge >= 0.3 is 6.01 Å². The van der Waals surface area contributed by atoms with E-state index < -0.39 is 0 Å². The van der Waals surface area contributed by atoms with Crippen molar-refractivity contribution in [2.75, 3.05) is 30.9 Å². The van der Waals surface area contributed by atoms with Crippen molar-refractivity contribution >= 4 is 11.9 Å². The van der Waals surface area contributed by atoms with Gasteiger partial charge in [-0.1, -0.05) is 6.92 Å². The van der Waals surface area contributed by atoms with Crippen molar-refractivity contribution in [3.8, 4) is 6.01 Å². The van der Waals surface area contributed by atoms with Gasteiger partial charge in [-0.15, -0.1) is 0 Å². The van der Waals surface area contributed by atoms with Gasteiger partial charge in [-0.2, -0.15) is 15.0 Å². The van der Waals surface area contributed by atoms with Crippen LogP contribution in [-0.2, 0) is 0 Å². The monoisotopic (exact) mass is 251 g/mol. The summed E-state index contributed by atoms with van der Waals surface area (Å²) in [7, 11) is 3.83. The third-order valence-electron chi connectivity index (χ3n) is 3.20. The first-order chi connectivity index (χ1) is 8.74. The molecule has 100 valence electrons. The van der Waals surface area contributed by atoms with Crippen molar-refractivity contribution in [1.29, 1.82) is 0 Å². The fourth-order valence-corrected chi connectivity index (χ4v) is 1.81. The first kappa shape index (κ1) is 12.9. The highest BCUT2D eigenvalue weighted by atomic mass is 16.5. The summed E-state index contributed by atoms with van der Waals surface area (Å²) in [6.07, 6.45) is 4.65. The number of hydrogen-bond donors (Lipinski definition) is 1. The molecule has 0 amide bonds. The smallest absolute Gasteiger partial charge is 0.323 e. The molecule has 1 N–H and O–H groups in total. The number of nitrogens with one attached hydrogen (secondary N) is 1. The van der Waals surface area contributed by atoms with E-state index in [1.807, 2.05) is 7.05 Å². The second-order valence-electron chi connectivity index (χ2n) is 4.54. The maximum Gasteiger partial charge on any atom is 0.323 e. The minimum Gasteiger partial charge on any atom is -0.463 e. The molecule has 0 unspecified atom stereocenters. The van der Waals surface area contributed by atoms with Crippen molar-refractivity contribution < 1.29 is 4.74 Å². The van der Waals surface area contributed by atoms with E-state index in [1.54, 1.807) is 7.05 Å². The quantitative estimate of drug-likeness (QED) is 0.830. The normalized spacial score (nSPS) is 15.1. The molecule has 0 saturated heterocycles. The van der Waals surface area contributed by atoms with Crippen LogP contribution >= 0.6 is 0 Å². The Balaban J connectivity index is 2.16. The summed E-state index contributed by atoms with van der Waals surface area (Å²) >= 11 is 0. The van der Waals surface area contributed by atoms with Gasteiger partial charge in [0.1, 0.15) is 0 Å². The molecule has 0 bridgehead atoms. The largest absolute Gasteiger partial charge is 0.463 e. The van der Waals surface area contributed by atoms with Crippen molar-refractivity contribution in [3.63, 3.8) is 0 Å². The Morgan fingerprint density at radius 1 is 1.33 bits per heavy atom. The Morgan fingerprint density at radius 2 is 2.11 bits per heavy atom. The van der Waals surface area contributed by atoms with Crippen LogP contribution < -0.4 is 15.0 Å². The molecule has 1 aliphatic rings. The number of aromatic nitrogens is 3. The predicted octanol–water partition coefficient (Wildman–Crippen LogP) is 1.69. The zero-order valence-electron chi connectivity index (χ0n) is 11.3. The molecule has 0 aliphatic heterocycles. The van der Waals surface area contributed by atoms with Gasteiger partial charge in [-0.3, -0.25) is 0 Å². The molecule has 0 atom stereocenters. The van der Waals surface area contributed by atoms with Gasteiger partial charge in [0.25, 0.3) is 0 Å².